The van der Waals surface area contributed by atoms with Crippen molar-refractivity contribution in [1.29, 1.82) is 0 Å². The van der Waals surface area contributed by atoms with Gasteiger partial charge in [-0.2, -0.15) is 11.3 Å². The molecular weight excluding hydrogens is 380 g/mol. The zero-order chi connectivity index (χ0) is 17.9. The van der Waals surface area contributed by atoms with E-state index in [1.807, 2.05) is 11.0 Å². The molecule has 3 heterocycles. The summed E-state index contributed by atoms with van der Waals surface area (Å²) in [6.07, 6.45) is 2.09. The predicted molar refractivity (Wildman–Crippen MR) is 113 cm³/mol. The van der Waals surface area contributed by atoms with Crippen LogP contribution in [0.25, 0.3) is 10.6 Å². The first-order valence-electron chi connectivity index (χ1n) is 8.67. The number of carbonyl (C=O) groups excluding carboxylic acids is 1. The van der Waals surface area contributed by atoms with Crippen LogP contribution in [0.4, 0.5) is 5.69 Å². The summed E-state index contributed by atoms with van der Waals surface area (Å²) < 4.78 is 0. The first kappa shape index (κ1) is 17.8. The van der Waals surface area contributed by atoms with E-state index in [1.54, 1.807) is 34.4 Å². The third-order valence-corrected chi connectivity index (χ3v) is 7.16. The third-order valence-electron chi connectivity index (χ3n) is 4.59. The molecule has 6 heteroatoms. The highest BCUT2D eigenvalue weighted by molar-refractivity contribution is 7.99. The highest BCUT2D eigenvalue weighted by Crippen LogP contribution is 2.31. The van der Waals surface area contributed by atoms with Crippen LogP contribution in [0.1, 0.15) is 24.6 Å². The molecule has 0 saturated carbocycles. The van der Waals surface area contributed by atoms with Gasteiger partial charge in [-0.25, -0.2) is 4.98 Å². The van der Waals surface area contributed by atoms with Gasteiger partial charge in [-0.05, 0) is 42.8 Å². The number of fused-ring (bicyclic) bond motifs is 1. The van der Waals surface area contributed by atoms with Gasteiger partial charge < -0.3 is 4.90 Å². The van der Waals surface area contributed by atoms with Gasteiger partial charge >= 0.3 is 0 Å². The Kier molecular flexibility index (Phi) is 5.43. The number of aryl methyl sites for hydroxylation is 1. The summed E-state index contributed by atoms with van der Waals surface area (Å²) >= 11 is 5.01. The number of rotatable bonds is 5. The highest BCUT2D eigenvalue weighted by atomic mass is 32.2. The molecule has 1 atom stereocenters. The Hall–Kier alpha value is -1.63. The molecule has 134 valence electrons. The van der Waals surface area contributed by atoms with Gasteiger partial charge in [0.1, 0.15) is 5.01 Å². The molecule has 0 saturated heterocycles. The summed E-state index contributed by atoms with van der Waals surface area (Å²) in [6, 6.07) is 10.6. The van der Waals surface area contributed by atoms with E-state index in [0.29, 0.717) is 5.75 Å². The average Bonchev–Trinajstić information content (AvgIpc) is 3.33. The fraction of sp³-hybridized carbons (Fsp3) is 0.300. The number of amides is 1. The summed E-state index contributed by atoms with van der Waals surface area (Å²) in [5.41, 5.74) is 4.61. The molecule has 1 aliphatic heterocycles. The molecule has 26 heavy (non-hydrogen) atoms. The van der Waals surface area contributed by atoms with E-state index < -0.39 is 0 Å². The molecule has 0 bridgehead atoms. The summed E-state index contributed by atoms with van der Waals surface area (Å²) in [5, 5.41) is 7.35. The van der Waals surface area contributed by atoms with Crippen LogP contribution >= 0.6 is 34.4 Å². The molecule has 4 rings (SSSR count). The quantitative estimate of drug-likeness (QED) is 0.569. The molecule has 0 fully saturated rings. The molecule has 0 N–H and O–H groups in total. The lowest BCUT2D eigenvalue weighted by Gasteiger charge is -2.35. The first-order chi connectivity index (χ1) is 12.7. The number of nitrogens with zero attached hydrogens (tertiary/aromatic N) is 2. The monoisotopic (exact) mass is 400 g/mol. The summed E-state index contributed by atoms with van der Waals surface area (Å²) in [5.74, 6) is 1.46. The lowest BCUT2D eigenvalue weighted by atomic mass is 9.97. The summed E-state index contributed by atoms with van der Waals surface area (Å²) in [6.45, 7) is 2.14. The van der Waals surface area contributed by atoms with E-state index >= 15 is 0 Å². The standard InChI is InChI=1S/C20H20N2OS3/c1-14-6-7-15-4-2-3-5-18(15)22(14)19(23)13-25-11-17-12-26-20(21-17)16-8-9-24-10-16/h2-5,8-10,12,14H,6-7,11,13H2,1H3. The molecule has 1 aliphatic rings. The van der Waals surface area contributed by atoms with Crippen molar-refractivity contribution in [3.05, 3.63) is 57.7 Å². The van der Waals surface area contributed by atoms with Gasteiger partial charge in [-0.15, -0.1) is 23.1 Å². The first-order valence-corrected chi connectivity index (χ1v) is 11.6. The Balaban J connectivity index is 1.37. The Morgan fingerprint density at radius 3 is 3.04 bits per heavy atom. The normalized spacial score (nSPS) is 16.5. The Morgan fingerprint density at radius 2 is 2.19 bits per heavy atom. The van der Waals surface area contributed by atoms with Gasteiger partial charge in [0.15, 0.2) is 0 Å². The molecule has 2 aromatic heterocycles. The van der Waals surface area contributed by atoms with Crippen molar-refractivity contribution < 1.29 is 4.79 Å². The molecule has 1 aromatic carbocycles. The maximum Gasteiger partial charge on any atom is 0.237 e. The number of para-hydroxylation sites is 1. The fourth-order valence-corrected chi connectivity index (χ4v) is 5.68. The van der Waals surface area contributed by atoms with Crippen molar-refractivity contribution in [3.8, 4) is 10.6 Å². The van der Waals surface area contributed by atoms with E-state index in [0.717, 1.165) is 35.0 Å². The van der Waals surface area contributed by atoms with Gasteiger partial charge in [0.2, 0.25) is 5.91 Å². The van der Waals surface area contributed by atoms with Crippen molar-refractivity contribution in [1.82, 2.24) is 4.98 Å². The topological polar surface area (TPSA) is 33.2 Å². The number of thiazole rings is 1. The van der Waals surface area contributed by atoms with Gasteiger partial charge in [-0.1, -0.05) is 18.2 Å². The van der Waals surface area contributed by atoms with Gasteiger partial charge in [0.25, 0.3) is 0 Å². The molecular formula is C20H20N2OS3. The van der Waals surface area contributed by atoms with Crippen LogP contribution in [0, 0.1) is 0 Å². The second kappa shape index (κ2) is 7.94. The SMILES string of the molecule is CC1CCc2ccccc2N1C(=O)CSCc1csc(-c2ccsc2)n1. The number of thiophene rings is 1. The molecule has 3 nitrogen and oxygen atoms in total. The van der Waals surface area contributed by atoms with Crippen LogP contribution in [-0.2, 0) is 17.0 Å². The van der Waals surface area contributed by atoms with Crippen molar-refractivity contribution in [2.75, 3.05) is 10.7 Å². The lowest BCUT2D eigenvalue weighted by Crippen LogP contribution is -2.43. The molecule has 0 aliphatic carbocycles. The molecule has 1 unspecified atom stereocenters. The van der Waals surface area contributed by atoms with E-state index in [9.17, 15) is 4.79 Å². The van der Waals surface area contributed by atoms with Crippen LogP contribution in [0.15, 0.2) is 46.5 Å². The van der Waals surface area contributed by atoms with Crippen LogP contribution in [-0.4, -0.2) is 22.7 Å². The van der Waals surface area contributed by atoms with Gasteiger partial charge in [0, 0.05) is 33.8 Å². The van der Waals surface area contributed by atoms with Crippen LogP contribution < -0.4 is 4.90 Å². The number of carbonyl (C=O) groups is 1. The van der Waals surface area contributed by atoms with Crippen LogP contribution in [0.3, 0.4) is 0 Å². The van der Waals surface area contributed by atoms with Gasteiger partial charge in [0.05, 0.1) is 11.4 Å². The highest BCUT2D eigenvalue weighted by Gasteiger charge is 2.27. The van der Waals surface area contributed by atoms with E-state index in [2.05, 4.69) is 47.3 Å². The molecule has 1 amide bonds. The maximum atomic E-state index is 12.8. The average molecular weight is 401 g/mol. The van der Waals surface area contributed by atoms with Crippen LogP contribution in [0.2, 0.25) is 0 Å². The van der Waals surface area contributed by atoms with Crippen molar-refractivity contribution in [2.24, 2.45) is 0 Å². The third kappa shape index (κ3) is 3.72. The fourth-order valence-electron chi connectivity index (χ4n) is 3.27. The zero-order valence-corrected chi connectivity index (χ0v) is 17.0. The minimum atomic E-state index is 0.197. The minimum absolute atomic E-state index is 0.197. The Morgan fingerprint density at radius 1 is 1.31 bits per heavy atom. The zero-order valence-electron chi connectivity index (χ0n) is 14.6. The van der Waals surface area contributed by atoms with Crippen LogP contribution in [0.5, 0.6) is 0 Å². The number of hydrogen-bond acceptors (Lipinski definition) is 5. The largest absolute Gasteiger partial charge is 0.309 e. The number of aromatic nitrogens is 1. The van der Waals surface area contributed by atoms with Crippen molar-refractivity contribution >= 4 is 46.0 Å². The number of hydrogen-bond donors (Lipinski definition) is 0. The molecule has 3 aromatic rings. The second-order valence-electron chi connectivity index (χ2n) is 6.43. The molecule has 0 radical (unpaired) electrons. The summed E-state index contributed by atoms with van der Waals surface area (Å²) in [4.78, 5) is 19.5. The predicted octanol–water partition coefficient (Wildman–Crippen LogP) is 5.47. The number of benzene rings is 1. The van der Waals surface area contributed by atoms with Crippen molar-refractivity contribution in [3.63, 3.8) is 0 Å². The molecule has 0 spiro atoms. The number of thioether (sulfide) groups is 1. The Bertz CT molecular complexity index is 888. The summed E-state index contributed by atoms with van der Waals surface area (Å²) in [7, 11) is 0. The van der Waals surface area contributed by atoms with E-state index in [1.165, 1.54) is 11.1 Å². The number of anilines is 1. The Labute approximate surface area is 166 Å². The van der Waals surface area contributed by atoms with Gasteiger partial charge in [-0.3, -0.25) is 4.79 Å². The van der Waals surface area contributed by atoms with E-state index in [4.69, 9.17) is 4.98 Å². The smallest absolute Gasteiger partial charge is 0.237 e. The minimum Gasteiger partial charge on any atom is -0.309 e. The second-order valence-corrected chi connectivity index (χ2v) is 9.05. The van der Waals surface area contributed by atoms with E-state index in [-0.39, 0.29) is 11.9 Å². The lowest BCUT2D eigenvalue weighted by molar-refractivity contribution is -0.116. The van der Waals surface area contributed by atoms with Crippen molar-refractivity contribution in [2.45, 2.75) is 31.6 Å². The maximum absolute atomic E-state index is 12.8.